The largest absolute Gasteiger partial charge is 0.482 e. The van der Waals surface area contributed by atoms with Gasteiger partial charge in [-0.2, -0.15) is 5.26 Å². The number of rotatable bonds is 5. The third kappa shape index (κ3) is 4.39. The average Bonchev–Trinajstić information content (AvgIpc) is 2.53. The molecule has 112 valence electrons. The molecule has 0 fully saturated rings. The van der Waals surface area contributed by atoms with Gasteiger partial charge in [0, 0.05) is 15.6 Å². The first-order valence-electron chi connectivity index (χ1n) is 6.31. The molecule has 0 aliphatic rings. The van der Waals surface area contributed by atoms with Crippen molar-refractivity contribution < 1.29 is 14.3 Å². The van der Waals surface area contributed by atoms with Crippen molar-refractivity contribution in [2.75, 3.05) is 6.61 Å². The molecule has 0 atom stereocenters. The van der Waals surface area contributed by atoms with Gasteiger partial charge in [0.2, 0.25) is 0 Å². The SMILES string of the molecule is N#Cc1ccc(OCC(=O)OCc2c(Cl)cccc2Cl)cc1. The molecular weight excluding hydrogens is 325 g/mol. The average molecular weight is 336 g/mol. The molecule has 0 bridgehead atoms. The molecule has 0 saturated carbocycles. The fraction of sp³-hybridized carbons (Fsp3) is 0.125. The van der Waals surface area contributed by atoms with Gasteiger partial charge in [0.1, 0.15) is 12.4 Å². The van der Waals surface area contributed by atoms with Crippen LogP contribution in [0.1, 0.15) is 11.1 Å². The summed E-state index contributed by atoms with van der Waals surface area (Å²) < 4.78 is 10.3. The molecule has 0 aromatic heterocycles. The van der Waals surface area contributed by atoms with Gasteiger partial charge in [0.15, 0.2) is 6.61 Å². The van der Waals surface area contributed by atoms with Crippen molar-refractivity contribution in [1.29, 1.82) is 5.26 Å². The van der Waals surface area contributed by atoms with E-state index in [0.29, 0.717) is 26.9 Å². The molecule has 0 N–H and O–H groups in total. The number of hydrogen-bond donors (Lipinski definition) is 0. The maximum Gasteiger partial charge on any atom is 0.344 e. The van der Waals surface area contributed by atoms with Crippen LogP contribution in [0.15, 0.2) is 42.5 Å². The molecule has 0 aliphatic carbocycles. The van der Waals surface area contributed by atoms with Crippen LogP contribution in [0.4, 0.5) is 0 Å². The molecule has 6 heteroatoms. The molecule has 0 unspecified atom stereocenters. The van der Waals surface area contributed by atoms with Crippen LogP contribution in [0.25, 0.3) is 0 Å². The van der Waals surface area contributed by atoms with Crippen molar-refractivity contribution in [2.24, 2.45) is 0 Å². The molecule has 0 spiro atoms. The third-order valence-corrected chi connectivity index (χ3v) is 3.49. The molecule has 0 saturated heterocycles. The van der Waals surface area contributed by atoms with Crippen molar-refractivity contribution in [3.63, 3.8) is 0 Å². The van der Waals surface area contributed by atoms with Crippen molar-refractivity contribution in [2.45, 2.75) is 6.61 Å². The van der Waals surface area contributed by atoms with E-state index in [9.17, 15) is 4.79 Å². The minimum Gasteiger partial charge on any atom is -0.482 e. The first-order chi connectivity index (χ1) is 10.6. The number of ether oxygens (including phenoxy) is 2. The van der Waals surface area contributed by atoms with Crippen LogP contribution in [-0.2, 0) is 16.1 Å². The van der Waals surface area contributed by atoms with Gasteiger partial charge in [0.05, 0.1) is 11.6 Å². The standard InChI is InChI=1S/C16H11Cl2NO3/c17-14-2-1-3-15(18)13(14)9-22-16(20)10-21-12-6-4-11(8-19)5-7-12/h1-7H,9-10H2. The second-order valence-corrected chi connectivity index (χ2v) is 5.10. The Kier molecular flexibility index (Phi) is 5.65. The maximum absolute atomic E-state index is 11.6. The van der Waals surface area contributed by atoms with E-state index in [1.807, 2.05) is 6.07 Å². The number of nitrogens with zero attached hydrogens (tertiary/aromatic N) is 1. The first-order valence-corrected chi connectivity index (χ1v) is 7.07. The Hall–Kier alpha value is -2.22. The molecular formula is C16H11Cl2NO3. The second-order valence-electron chi connectivity index (χ2n) is 4.29. The normalized spacial score (nSPS) is 9.86. The van der Waals surface area contributed by atoms with Crippen LogP contribution in [0.3, 0.4) is 0 Å². The minimum absolute atomic E-state index is 0.0198. The highest BCUT2D eigenvalue weighted by Gasteiger charge is 2.10. The second kappa shape index (κ2) is 7.69. The van der Waals surface area contributed by atoms with Crippen LogP contribution in [0.5, 0.6) is 5.75 Å². The highest BCUT2D eigenvalue weighted by molar-refractivity contribution is 6.35. The zero-order chi connectivity index (χ0) is 15.9. The zero-order valence-corrected chi connectivity index (χ0v) is 12.9. The van der Waals surface area contributed by atoms with E-state index in [1.165, 1.54) is 0 Å². The van der Waals surface area contributed by atoms with Gasteiger partial charge in [-0.25, -0.2) is 4.79 Å². The predicted octanol–water partition coefficient (Wildman–Crippen LogP) is 3.99. The lowest BCUT2D eigenvalue weighted by Gasteiger charge is -2.09. The molecule has 4 nitrogen and oxygen atoms in total. The lowest BCUT2D eigenvalue weighted by atomic mass is 10.2. The Morgan fingerprint density at radius 3 is 2.32 bits per heavy atom. The van der Waals surface area contributed by atoms with E-state index in [2.05, 4.69) is 0 Å². The summed E-state index contributed by atoms with van der Waals surface area (Å²) in [6.45, 7) is -0.262. The summed E-state index contributed by atoms with van der Waals surface area (Å²) in [6, 6.07) is 13.5. The fourth-order valence-corrected chi connectivity index (χ4v) is 2.14. The number of nitriles is 1. The molecule has 0 aliphatic heterocycles. The van der Waals surface area contributed by atoms with E-state index < -0.39 is 5.97 Å². The van der Waals surface area contributed by atoms with Crippen molar-refractivity contribution in [1.82, 2.24) is 0 Å². The molecule has 0 amide bonds. The monoisotopic (exact) mass is 335 g/mol. The number of hydrogen-bond acceptors (Lipinski definition) is 4. The van der Waals surface area contributed by atoms with Gasteiger partial charge in [-0.15, -0.1) is 0 Å². The Labute approximate surface area is 137 Å². The smallest absolute Gasteiger partial charge is 0.344 e. The van der Waals surface area contributed by atoms with E-state index in [-0.39, 0.29) is 13.2 Å². The highest BCUT2D eigenvalue weighted by atomic mass is 35.5. The summed E-state index contributed by atoms with van der Waals surface area (Å²) in [7, 11) is 0. The number of esters is 1. The Bertz CT molecular complexity index is 688. The molecule has 2 aromatic carbocycles. The molecule has 22 heavy (non-hydrogen) atoms. The van der Waals surface area contributed by atoms with Gasteiger partial charge < -0.3 is 9.47 Å². The molecule has 0 heterocycles. The lowest BCUT2D eigenvalue weighted by molar-refractivity contribution is -0.147. The summed E-state index contributed by atoms with van der Waals surface area (Å²) in [5, 5.41) is 9.56. The third-order valence-electron chi connectivity index (χ3n) is 2.78. The van der Waals surface area contributed by atoms with Crippen LogP contribution in [0, 0.1) is 11.3 Å². The fourth-order valence-electron chi connectivity index (χ4n) is 1.63. The van der Waals surface area contributed by atoms with Crippen LogP contribution in [-0.4, -0.2) is 12.6 Å². The van der Waals surface area contributed by atoms with Crippen molar-refractivity contribution in [3.8, 4) is 11.8 Å². The summed E-state index contributed by atoms with van der Waals surface area (Å²) >= 11 is 12.0. The van der Waals surface area contributed by atoms with E-state index in [4.69, 9.17) is 37.9 Å². The number of benzene rings is 2. The zero-order valence-electron chi connectivity index (χ0n) is 11.4. The summed E-state index contributed by atoms with van der Waals surface area (Å²) in [6.07, 6.45) is 0. The van der Waals surface area contributed by atoms with E-state index >= 15 is 0 Å². The molecule has 2 rings (SSSR count). The molecule has 2 aromatic rings. The Morgan fingerprint density at radius 2 is 1.73 bits per heavy atom. The van der Waals surface area contributed by atoms with Crippen LogP contribution in [0.2, 0.25) is 10.0 Å². The Balaban J connectivity index is 1.84. The number of carbonyl (C=O) groups is 1. The minimum atomic E-state index is -0.541. The highest BCUT2D eigenvalue weighted by Crippen LogP contribution is 2.24. The number of carbonyl (C=O) groups excluding carboxylic acids is 1. The van der Waals surface area contributed by atoms with Crippen LogP contribution < -0.4 is 4.74 Å². The lowest BCUT2D eigenvalue weighted by Crippen LogP contribution is -2.15. The predicted molar refractivity (Wildman–Crippen MR) is 82.9 cm³/mol. The van der Waals surface area contributed by atoms with Gasteiger partial charge in [-0.1, -0.05) is 29.3 Å². The van der Waals surface area contributed by atoms with E-state index in [1.54, 1.807) is 42.5 Å². The van der Waals surface area contributed by atoms with Crippen LogP contribution >= 0.6 is 23.2 Å². The summed E-state index contributed by atoms with van der Waals surface area (Å²) in [5.41, 5.74) is 1.07. The summed E-state index contributed by atoms with van der Waals surface area (Å²) in [5.74, 6) is -0.0629. The van der Waals surface area contributed by atoms with Crippen molar-refractivity contribution in [3.05, 3.63) is 63.6 Å². The first kappa shape index (κ1) is 16.2. The van der Waals surface area contributed by atoms with Crippen molar-refractivity contribution >= 4 is 29.2 Å². The topological polar surface area (TPSA) is 59.3 Å². The van der Waals surface area contributed by atoms with Gasteiger partial charge >= 0.3 is 5.97 Å². The number of halogens is 2. The van der Waals surface area contributed by atoms with Gasteiger partial charge in [-0.3, -0.25) is 0 Å². The molecule has 0 radical (unpaired) electrons. The maximum atomic E-state index is 11.6. The summed E-state index contributed by atoms with van der Waals surface area (Å²) in [4.78, 5) is 11.6. The van der Waals surface area contributed by atoms with E-state index in [0.717, 1.165) is 0 Å². The quantitative estimate of drug-likeness (QED) is 0.775. The van der Waals surface area contributed by atoms with Gasteiger partial charge in [0.25, 0.3) is 0 Å². The van der Waals surface area contributed by atoms with Gasteiger partial charge in [-0.05, 0) is 36.4 Å². The Morgan fingerprint density at radius 1 is 1.09 bits per heavy atom.